The summed E-state index contributed by atoms with van der Waals surface area (Å²) in [6.07, 6.45) is -1.20. The van der Waals surface area contributed by atoms with Crippen molar-refractivity contribution in [3.05, 3.63) is 64.7 Å². The van der Waals surface area contributed by atoms with Crippen molar-refractivity contribution >= 4 is 11.4 Å². The van der Waals surface area contributed by atoms with Gasteiger partial charge in [-0.1, -0.05) is 18.2 Å². The lowest BCUT2D eigenvalue weighted by Gasteiger charge is -2.23. The largest absolute Gasteiger partial charge is 0.473 e. The molecule has 24 heavy (non-hydrogen) atoms. The van der Waals surface area contributed by atoms with Gasteiger partial charge in [0.15, 0.2) is 6.23 Å². The number of anilines is 1. The second-order valence-electron chi connectivity index (χ2n) is 5.28. The maximum Gasteiger partial charge on any atom is 0.269 e. The minimum Gasteiger partial charge on any atom is -0.473 e. The Bertz CT molecular complexity index is 632. The van der Waals surface area contributed by atoms with Gasteiger partial charge in [0.2, 0.25) is 0 Å². The number of hydrogen-bond acceptors (Lipinski definition) is 6. The molecule has 0 radical (unpaired) electrons. The van der Waals surface area contributed by atoms with E-state index in [-0.39, 0.29) is 5.69 Å². The van der Waals surface area contributed by atoms with E-state index in [2.05, 4.69) is 10.6 Å². The van der Waals surface area contributed by atoms with Crippen molar-refractivity contribution in [3.8, 4) is 5.75 Å². The second kappa shape index (κ2) is 8.85. The van der Waals surface area contributed by atoms with Crippen LogP contribution in [0.25, 0.3) is 0 Å². The Kier molecular flexibility index (Phi) is 6.53. The van der Waals surface area contributed by atoms with Crippen molar-refractivity contribution in [2.24, 2.45) is 0 Å². The molecule has 0 aromatic heterocycles. The lowest BCUT2D eigenvalue weighted by Crippen LogP contribution is -2.44. The van der Waals surface area contributed by atoms with Crippen LogP contribution in [0.1, 0.15) is 6.92 Å². The van der Waals surface area contributed by atoms with Crippen molar-refractivity contribution < 1.29 is 14.8 Å². The molecule has 0 saturated carbocycles. The molecule has 0 spiro atoms. The maximum atomic E-state index is 10.6. The van der Waals surface area contributed by atoms with E-state index in [1.807, 2.05) is 30.3 Å². The van der Waals surface area contributed by atoms with Crippen LogP contribution in [0.4, 0.5) is 11.4 Å². The molecule has 3 N–H and O–H groups in total. The van der Waals surface area contributed by atoms with Crippen molar-refractivity contribution in [1.29, 1.82) is 0 Å². The summed E-state index contributed by atoms with van der Waals surface area (Å²) >= 11 is 0. The Morgan fingerprint density at radius 2 is 1.79 bits per heavy atom. The van der Waals surface area contributed by atoms with Crippen LogP contribution in [0, 0.1) is 10.1 Å². The topological polar surface area (TPSA) is 96.7 Å². The fraction of sp³-hybridized carbons (Fsp3) is 0.294. The molecule has 2 atom stereocenters. The molecule has 0 amide bonds. The maximum absolute atomic E-state index is 10.6. The summed E-state index contributed by atoms with van der Waals surface area (Å²) in [7, 11) is 0. The van der Waals surface area contributed by atoms with Crippen LogP contribution in [0.2, 0.25) is 0 Å². The highest BCUT2D eigenvalue weighted by molar-refractivity contribution is 5.48. The van der Waals surface area contributed by atoms with Crippen molar-refractivity contribution in [3.63, 3.8) is 0 Å². The molecule has 7 heteroatoms. The van der Waals surface area contributed by atoms with Crippen molar-refractivity contribution in [2.45, 2.75) is 19.3 Å². The van der Waals surface area contributed by atoms with Gasteiger partial charge in [-0.3, -0.25) is 15.4 Å². The molecule has 2 rings (SSSR count). The third-order valence-corrected chi connectivity index (χ3v) is 3.32. The van der Waals surface area contributed by atoms with E-state index < -0.39 is 17.3 Å². The van der Waals surface area contributed by atoms with Gasteiger partial charge >= 0.3 is 0 Å². The fourth-order valence-corrected chi connectivity index (χ4v) is 2.08. The van der Waals surface area contributed by atoms with Crippen LogP contribution in [0.3, 0.4) is 0 Å². The first-order valence-electron chi connectivity index (χ1n) is 7.68. The molecule has 2 unspecified atom stereocenters. The lowest BCUT2D eigenvalue weighted by atomic mass is 10.3. The van der Waals surface area contributed by atoms with Gasteiger partial charge in [-0.05, 0) is 31.2 Å². The summed E-state index contributed by atoms with van der Waals surface area (Å²) in [5, 5.41) is 26.7. The SMILES string of the molecule is CC(O)C(NCCNc1ccc([N+](=O)[O-])cc1)Oc1ccccc1. The number of aliphatic hydroxyl groups excluding tert-OH is 1. The van der Waals surface area contributed by atoms with Gasteiger partial charge in [0.1, 0.15) is 11.9 Å². The molecule has 0 bridgehead atoms. The molecular formula is C17H21N3O4. The summed E-state index contributed by atoms with van der Waals surface area (Å²) in [5.74, 6) is 0.680. The van der Waals surface area contributed by atoms with Gasteiger partial charge < -0.3 is 15.2 Å². The number of nitro groups is 1. The van der Waals surface area contributed by atoms with Gasteiger partial charge in [-0.2, -0.15) is 0 Å². The summed E-state index contributed by atoms with van der Waals surface area (Å²) in [5.41, 5.74) is 0.851. The van der Waals surface area contributed by atoms with Crippen LogP contribution in [0.15, 0.2) is 54.6 Å². The molecule has 0 aliphatic carbocycles. The Labute approximate surface area is 140 Å². The minimum absolute atomic E-state index is 0.0594. The molecule has 0 heterocycles. The molecule has 128 valence electrons. The molecule has 0 fully saturated rings. The van der Waals surface area contributed by atoms with E-state index >= 15 is 0 Å². The highest BCUT2D eigenvalue weighted by Crippen LogP contribution is 2.15. The minimum atomic E-state index is -0.676. The lowest BCUT2D eigenvalue weighted by molar-refractivity contribution is -0.384. The standard InChI is InChI=1S/C17H21N3O4/c1-13(21)17(24-16-5-3-2-4-6-16)19-12-11-18-14-7-9-15(10-8-14)20(22)23/h2-10,13,17-19,21H,11-12H2,1H3. The molecule has 7 nitrogen and oxygen atoms in total. The second-order valence-corrected chi connectivity index (χ2v) is 5.28. The Morgan fingerprint density at radius 1 is 1.12 bits per heavy atom. The predicted octanol–water partition coefficient (Wildman–Crippen LogP) is 2.38. The Hall–Kier alpha value is -2.64. The third-order valence-electron chi connectivity index (χ3n) is 3.32. The van der Waals surface area contributed by atoms with Gasteiger partial charge in [-0.15, -0.1) is 0 Å². The summed E-state index contributed by atoms with van der Waals surface area (Å²) in [6.45, 7) is 2.79. The van der Waals surface area contributed by atoms with Crippen LogP contribution in [-0.2, 0) is 0 Å². The van der Waals surface area contributed by atoms with Crippen molar-refractivity contribution in [1.82, 2.24) is 5.32 Å². The van der Waals surface area contributed by atoms with Gasteiger partial charge in [0.05, 0.1) is 4.92 Å². The van der Waals surface area contributed by atoms with Crippen molar-refractivity contribution in [2.75, 3.05) is 18.4 Å². The van der Waals surface area contributed by atoms with Crippen LogP contribution < -0.4 is 15.4 Å². The number of nitro benzene ring substituents is 1. The van der Waals surface area contributed by atoms with Gasteiger partial charge in [0.25, 0.3) is 5.69 Å². The van der Waals surface area contributed by atoms with E-state index in [0.29, 0.717) is 18.8 Å². The smallest absolute Gasteiger partial charge is 0.269 e. The van der Waals surface area contributed by atoms with E-state index in [1.165, 1.54) is 12.1 Å². The fourth-order valence-electron chi connectivity index (χ4n) is 2.08. The van der Waals surface area contributed by atoms with E-state index in [0.717, 1.165) is 5.69 Å². The number of hydrogen-bond donors (Lipinski definition) is 3. The average Bonchev–Trinajstić information content (AvgIpc) is 2.58. The number of ether oxygens (including phenoxy) is 1. The quantitative estimate of drug-likeness (QED) is 0.282. The molecule has 2 aromatic carbocycles. The summed E-state index contributed by atoms with van der Waals surface area (Å²) < 4.78 is 5.71. The number of nitrogens with one attached hydrogen (secondary N) is 2. The molecule has 2 aromatic rings. The van der Waals surface area contributed by atoms with Gasteiger partial charge in [0, 0.05) is 30.9 Å². The van der Waals surface area contributed by atoms with E-state index in [1.54, 1.807) is 19.1 Å². The first kappa shape index (κ1) is 17.7. The van der Waals surface area contributed by atoms with E-state index in [4.69, 9.17) is 4.74 Å². The van der Waals surface area contributed by atoms with Crippen LogP contribution in [0.5, 0.6) is 5.75 Å². The number of benzene rings is 2. The third kappa shape index (κ3) is 5.53. The zero-order valence-corrected chi connectivity index (χ0v) is 13.4. The van der Waals surface area contributed by atoms with Crippen LogP contribution in [-0.4, -0.2) is 35.5 Å². The molecule has 0 aliphatic heterocycles. The zero-order chi connectivity index (χ0) is 17.4. The monoisotopic (exact) mass is 331 g/mol. The number of para-hydroxylation sites is 1. The normalized spacial score (nSPS) is 13.1. The summed E-state index contributed by atoms with van der Waals surface area (Å²) in [6, 6.07) is 15.5. The Balaban J connectivity index is 1.77. The first-order valence-corrected chi connectivity index (χ1v) is 7.68. The predicted molar refractivity (Wildman–Crippen MR) is 92.1 cm³/mol. The molecule has 0 aliphatic rings. The number of aliphatic hydroxyl groups is 1. The highest BCUT2D eigenvalue weighted by atomic mass is 16.6. The Morgan fingerprint density at radius 3 is 2.38 bits per heavy atom. The summed E-state index contributed by atoms with van der Waals surface area (Å²) in [4.78, 5) is 10.2. The number of nitrogens with zero attached hydrogens (tertiary/aromatic N) is 1. The number of rotatable bonds is 9. The first-order chi connectivity index (χ1) is 11.6. The molecule has 0 saturated heterocycles. The number of non-ortho nitro benzene ring substituents is 1. The molecular weight excluding hydrogens is 310 g/mol. The zero-order valence-electron chi connectivity index (χ0n) is 13.4. The van der Waals surface area contributed by atoms with E-state index in [9.17, 15) is 15.2 Å². The van der Waals surface area contributed by atoms with Crippen LogP contribution >= 0.6 is 0 Å². The van der Waals surface area contributed by atoms with Gasteiger partial charge in [-0.25, -0.2) is 0 Å². The highest BCUT2D eigenvalue weighted by Gasteiger charge is 2.15. The average molecular weight is 331 g/mol.